The van der Waals surface area contributed by atoms with Crippen molar-refractivity contribution in [3.05, 3.63) is 29.3 Å². The summed E-state index contributed by atoms with van der Waals surface area (Å²) in [7, 11) is 0. The molecule has 0 aliphatic carbocycles. The number of thiazole rings is 1. The van der Waals surface area contributed by atoms with Crippen molar-refractivity contribution in [2.24, 2.45) is 10.9 Å². The van der Waals surface area contributed by atoms with E-state index in [1.54, 1.807) is 11.3 Å². The highest BCUT2D eigenvalue weighted by Crippen LogP contribution is 2.22. The molecule has 0 fully saturated rings. The molecule has 2 rings (SSSR count). The van der Waals surface area contributed by atoms with E-state index in [1.807, 2.05) is 6.07 Å². The van der Waals surface area contributed by atoms with E-state index < -0.39 is 0 Å². The van der Waals surface area contributed by atoms with E-state index in [0.29, 0.717) is 5.92 Å². The molecule has 7 heteroatoms. The number of aromatic nitrogens is 1. The number of hydrogen-bond donors (Lipinski definition) is 3. The standard InChI is InChI=1S/C20H32N4OS.HI/c1-3-8-16(12-14-25)15-23-20(21-4-2)22-13-7-11-19-24-17-9-5-6-10-18(17)26-19;/h5-6,9-10,16,25H,3-4,7-8,11-15H2,1-2H3,(H2,21,22,23);1H. The van der Waals surface area contributed by atoms with Gasteiger partial charge >= 0.3 is 0 Å². The zero-order valence-corrected chi connectivity index (χ0v) is 19.6. The Morgan fingerprint density at radius 2 is 2.04 bits per heavy atom. The molecule has 1 aromatic heterocycles. The number of aryl methyl sites for hydroxylation is 1. The smallest absolute Gasteiger partial charge is 0.191 e. The van der Waals surface area contributed by atoms with Gasteiger partial charge in [-0.25, -0.2) is 4.98 Å². The molecule has 152 valence electrons. The molecule has 0 spiro atoms. The van der Waals surface area contributed by atoms with Crippen molar-refractivity contribution in [2.75, 3.05) is 26.2 Å². The Hall–Kier alpha value is -0.930. The van der Waals surface area contributed by atoms with E-state index in [9.17, 15) is 5.11 Å². The molecule has 0 saturated heterocycles. The average molecular weight is 504 g/mol. The van der Waals surface area contributed by atoms with E-state index in [0.717, 1.165) is 63.2 Å². The van der Waals surface area contributed by atoms with Crippen LogP contribution in [0.2, 0.25) is 0 Å². The van der Waals surface area contributed by atoms with Crippen molar-refractivity contribution >= 4 is 51.5 Å². The second-order valence-electron chi connectivity index (χ2n) is 6.49. The summed E-state index contributed by atoms with van der Waals surface area (Å²) in [5.74, 6) is 1.33. The minimum Gasteiger partial charge on any atom is -0.396 e. The van der Waals surface area contributed by atoms with Gasteiger partial charge < -0.3 is 15.7 Å². The highest BCUT2D eigenvalue weighted by atomic mass is 127. The van der Waals surface area contributed by atoms with Crippen LogP contribution in [0.5, 0.6) is 0 Å². The Kier molecular flexibility index (Phi) is 12.6. The second-order valence-corrected chi connectivity index (χ2v) is 7.61. The Morgan fingerprint density at radius 3 is 2.74 bits per heavy atom. The van der Waals surface area contributed by atoms with E-state index >= 15 is 0 Å². The first-order valence-corrected chi connectivity index (χ1v) is 10.6. The fraction of sp³-hybridized carbons (Fsp3) is 0.600. The number of aliphatic hydroxyl groups excluding tert-OH is 1. The van der Waals surface area contributed by atoms with Crippen molar-refractivity contribution < 1.29 is 5.11 Å². The highest BCUT2D eigenvalue weighted by Gasteiger charge is 2.07. The first kappa shape index (κ1) is 24.1. The first-order chi connectivity index (χ1) is 12.8. The van der Waals surface area contributed by atoms with Crippen LogP contribution in [0.1, 0.15) is 44.5 Å². The summed E-state index contributed by atoms with van der Waals surface area (Å²) in [5, 5.41) is 17.1. The van der Waals surface area contributed by atoms with Crippen LogP contribution in [0.15, 0.2) is 29.3 Å². The van der Waals surface area contributed by atoms with Gasteiger partial charge in [0.2, 0.25) is 0 Å². The largest absolute Gasteiger partial charge is 0.396 e. The van der Waals surface area contributed by atoms with Crippen LogP contribution in [-0.2, 0) is 6.42 Å². The summed E-state index contributed by atoms with van der Waals surface area (Å²) in [5.41, 5.74) is 1.10. The van der Waals surface area contributed by atoms with Crippen LogP contribution in [0, 0.1) is 5.92 Å². The van der Waals surface area contributed by atoms with E-state index in [-0.39, 0.29) is 30.6 Å². The van der Waals surface area contributed by atoms with E-state index in [4.69, 9.17) is 4.99 Å². The predicted molar refractivity (Wildman–Crippen MR) is 127 cm³/mol. The summed E-state index contributed by atoms with van der Waals surface area (Å²) in [6.07, 6.45) is 5.08. The number of para-hydroxylation sites is 1. The van der Waals surface area contributed by atoms with Crippen molar-refractivity contribution in [3.63, 3.8) is 0 Å². The van der Waals surface area contributed by atoms with Crippen molar-refractivity contribution in [1.29, 1.82) is 0 Å². The number of aliphatic imine (C=N–C) groups is 1. The van der Waals surface area contributed by atoms with Crippen LogP contribution in [0.3, 0.4) is 0 Å². The van der Waals surface area contributed by atoms with Crippen LogP contribution >= 0.6 is 35.3 Å². The fourth-order valence-corrected chi connectivity index (χ4v) is 3.96. The van der Waals surface area contributed by atoms with Gasteiger partial charge in [-0.05, 0) is 44.2 Å². The number of aliphatic hydroxyl groups is 1. The number of benzene rings is 1. The Labute approximate surface area is 184 Å². The highest BCUT2D eigenvalue weighted by molar-refractivity contribution is 14.0. The molecule has 5 nitrogen and oxygen atoms in total. The van der Waals surface area contributed by atoms with Crippen molar-refractivity contribution in [2.45, 2.75) is 46.0 Å². The minimum atomic E-state index is 0. The summed E-state index contributed by atoms with van der Waals surface area (Å²) in [6, 6.07) is 8.30. The molecule has 1 atom stereocenters. The van der Waals surface area contributed by atoms with Crippen molar-refractivity contribution in [3.8, 4) is 0 Å². The third-order valence-electron chi connectivity index (χ3n) is 4.28. The Morgan fingerprint density at radius 1 is 1.22 bits per heavy atom. The van der Waals surface area contributed by atoms with Crippen LogP contribution in [-0.4, -0.2) is 42.3 Å². The predicted octanol–water partition coefficient (Wildman–Crippen LogP) is 4.20. The lowest BCUT2D eigenvalue weighted by atomic mass is 10.0. The average Bonchev–Trinajstić information content (AvgIpc) is 3.06. The van der Waals surface area contributed by atoms with E-state index in [1.165, 1.54) is 9.71 Å². The first-order valence-electron chi connectivity index (χ1n) is 9.74. The maximum absolute atomic E-state index is 9.18. The van der Waals surface area contributed by atoms with Crippen LogP contribution < -0.4 is 10.6 Å². The fourth-order valence-electron chi connectivity index (χ4n) is 2.95. The molecule has 1 aromatic carbocycles. The molecule has 0 radical (unpaired) electrons. The molecule has 1 unspecified atom stereocenters. The lowest BCUT2D eigenvalue weighted by Crippen LogP contribution is -2.38. The third kappa shape index (κ3) is 8.74. The molecule has 2 aromatic rings. The van der Waals surface area contributed by atoms with Gasteiger partial charge in [0.15, 0.2) is 5.96 Å². The molecular formula is C20H33IN4OS. The molecule has 3 N–H and O–H groups in total. The Bertz CT molecular complexity index is 638. The van der Waals surface area contributed by atoms with E-state index in [2.05, 4.69) is 47.7 Å². The molecular weight excluding hydrogens is 471 g/mol. The van der Waals surface area contributed by atoms with Crippen molar-refractivity contribution in [1.82, 2.24) is 15.6 Å². The molecule has 0 aliphatic heterocycles. The quantitative estimate of drug-likeness (QED) is 0.186. The maximum Gasteiger partial charge on any atom is 0.191 e. The lowest BCUT2D eigenvalue weighted by Gasteiger charge is -2.15. The molecule has 1 heterocycles. The van der Waals surface area contributed by atoms with Crippen LogP contribution in [0.25, 0.3) is 10.2 Å². The monoisotopic (exact) mass is 504 g/mol. The summed E-state index contributed by atoms with van der Waals surface area (Å²) in [4.78, 5) is 9.39. The molecule has 0 bridgehead atoms. The summed E-state index contributed by atoms with van der Waals surface area (Å²) >= 11 is 1.78. The number of nitrogens with zero attached hydrogens (tertiary/aromatic N) is 2. The summed E-state index contributed by atoms with van der Waals surface area (Å²) in [6.45, 7) is 6.99. The van der Waals surface area contributed by atoms with Gasteiger partial charge in [-0.1, -0.05) is 25.5 Å². The second kappa shape index (κ2) is 14.1. The molecule has 0 saturated carbocycles. The summed E-state index contributed by atoms with van der Waals surface area (Å²) < 4.78 is 1.26. The number of halogens is 1. The van der Waals surface area contributed by atoms with Gasteiger partial charge in [0.05, 0.1) is 15.2 Å². The molecule has 27 heavy (non-hydrogen) atoms. The topological polar surface area (TPSA) is 69.5 Å². The lowest BCUT2D eigenvalue weighted by molar-refractivity contribution is 0.253. The third-order valence-corrected chi connectivity index (χ3v) is 5.38. The Balaban J connectivity index is 0.00000364. The SMILES string of the molecule is CCCC(CCO)CN=C(NCC)NCCCc1nc2ccccc2s1.I. The number of hydrogen-bond acceptors (Lipinski definition) is 4. The maximum atomic E-state index is 9.18. The van der Waals surface area contributed by atoms with Gasteiger partial charge in [-0.3, -0.25) is 4.99 Å². The van der Waals surface area contributed by atoms with Gasteiger partial charge in [-0.2, -0.15) is 0 Å². The number of nitrogens with one attached hydrogen (secondary N) is 2. The van der Waals surface area contributed by atoms with Gasteiger partial charge in [0, 0.05) is 32.7 Å². The number of fused-ring (bicyclic) bond motifs is 1. The zero-order chi connectivity index (χ0) is 18.6. The molecule has 0 aliphatic rings. The molecule has 0 amide bonds. The normalized spacial score (nSPS) is 12.6. The minimum absolute atomic E-state index is 0. The van der Waals surface area contributed by atoms with Gasteiger partial charge in [0.1, 0.15) is 0 Å². The zero-order valence-electron chi connectivity index (χ0n) is 16.4. The number of rotatable bonds is 11. The number of guanidine groups is 1. The van der Waals surface area contributed by atoms with Crippen LogP contribution in [0.4, 0.5) is 0 Å². The van der Waals surface area contributed by atoms with Gasteiger partial charge in [0.25, 0.3) is 0 Å². The van der Waals surface area contributed by atoms with Gasteiger partial charge in [-0.15, -0.1) is 35.3 Å².